The Morgan fingerprint density at radius 2 is 2.16 bits per heavy atom. The molecule has 1 aromatic rings. The number of hydrogen-bond donors (Lipinski definition) is 2. The fourth-order valence-electron chi connectivity index (χ4n) is 2.54. The number of nitro groups is 1. The Morgan fingerprint density at radius 1 is 1.37 bits per heavy atom. The summed E-state index contributed by atoms with van der Waals surface area (Å²) in [7, 11) is 0. The first-order valence-electron chi connectivity index (χ1n) is 6.73. The lowest BCUT2D eigenvalue weighted by Gasteiger charge is -2.17. The minimum absolute atomic E-state index is 0.0306. The van der Waals surface area contributed by atoms with Gasteiger partial charge in [0, 0.05) is 12.1 Å². The van der Waals surface area contributed by atoms with Gasteiger partial charge in [-0.05, 0) is 31.2 Å². The van der Waals surface area contributed by atoms with Crippen molar-refractivity contribution in [2.24, 2.45) is 5.92 Å². The summed E-state index contributed by atoms with van der Waals surface area (Å²) in [6.45, 7) is 2.28. The number of pyridine rings is 1. The molecule has 0 saturated heterocycles. The molecule has 2 atom stereocenters. The maximum atomic E-state index is 10.7. The second-order valence-electron chi connectivity index (χ2n) is 5.31. The number of rotatable bonds is 3. The number of nitrogens with one attached hydrogen (secondary N) is 1. The lowest BCUT2D eigenvalue weighted by Crippen LogP contribution is -2.19. The lowest BCUT2D eigenvalue weighted by atomic mass is 10.0. The Bertz CT molecular complexity index is 464. The van der Waals surface area contributed by atoms with Crippen LogP contribution in [0.1, 0.15) is 39.0 Å². The predicted octanol–water partition coefficient (Wildman–Crippen LogP) is 2.95. The van der Waals surface area contributed by atoms with Gasteiger partial charge in [0.15, 0.2) is 0 Å². The van der Waals surface area contributed by atoms with Crippen LogP contribution in [0, 0.1) is 16.0 Å². The summed E-state index contributed by atoms with van der Waals surface area (Å²) < 4.78 is 0. The first-order valence-corrected chi connectivity index (χ1v) is 6.73. The number of nitrogens with zero attached hydrogens (tertiary/aromatic N) is 2. The molecule has 1 aliphatic carbocycles. The largest absolute Gasteiger partial charge is 0.378 e. The van der Waals surface area contributed by atoms with E-state index in [0.29, 0.717) is 11.9 Å². The molecule has 1 heterocycles. The maximum absolute atomic E-state index is 10.7. The van der Waals surface area contributed by atoms with E-state index in [4.69, 9.17) is 5.73 Å². The third-order valence-electron chi connectivity index (χ3n) is 3.71. The third kappa shape index (κ3) is 3.56. The summed E-state index contributed by atoms with van der Waals surface area (Å²) >= 11 is 0. The fraction of sp³-hybridized carbons (Fsp3) is 0.615. The van der Waals surface area contributed by atoms with Crippen LogP contribution in [-0.2, 0) is 0 Å². The molecule has 1 saturated carbocycles. The van der Waals surface area contributed by atoms with Crippen LogP contribution in [0.25, 0.3) is 0 Å². The molecule has 1 aliphatic rings. The first kappa shape index (κ1) is 13.6. The van der Waals surface area contributed by atoms with Crippen molar-refractivity contribution in [3.63, 3.8) is 0 Å². The molecule has 6 heteroatoms. The molecule has 6 nitrogen and oxygen atoms in total. The first-order chi connectivity index (χ1) is 9.06. The van der Waals surface area contributed by atoms with E-state index >= 15 is 0 Å². The summed E-state index contributed by atoms with van der Waals surface area (Å²) in [5, 5.41) is 14.0. The van der Waals surface area contributed by atoms with Gasteiger partial charge in [0.2, 0.25) is 5.82 Å². The smallest absolute Gasteiger partial charge is 0.311 e. The molecule has 0 aromatic carbocycles. The average molecular weight is 264 g/mol. The van der Waals surface area contributed by atoms with Crippen LogP contribution >= 0.6 is 0 Å². The van der Waals surface area contributed by atoms with Gasteiger partial charge >= 0.3 is 5.69 Å². The Balaban J connectivity index is 2.03. The molecule has 0 radical (unpaired) electrons. The summed E-state index contributed by atoms with van der Waals surface area (Å²) in [5.74, 6) is 1.38. The average Bonchev–Trinajstić information content (AvgIpc) is 2.54. The van der Waals surface area contributed by atoms with E-state index in [1.807, 2.05) is 0 Å². The topological polar surface area (TPSA) is 94.1 Å². The highest BCUT2D eigenvalue weighted by Crippen LogP contribution is 2.26. The van der Waals surface area contributed by atoms with Gasteiger partial charge in [0.1, 0.15) is 5.82 Å². The zero-order chi connectivity index (χ0) is 13.8. The van der Waals surface area contributed by atoms with E-state index in [1.165, 1.54) is 25.3 Å². The van der Waals surface area contributed by atoms with Crippen molar-refractivity contribution in [2.75, 3.05) is 11.1 Å². The van der Waals surface area contributed by atoms with E-state index < -0.39 is 4.92 Å². The van der Waals surface area contributed by atoms with Gasteiger partial charge < -0.3 is 11.1 Å². The fourth-order valence-corrected chi connectivity index (χ4v) is 2.54. The summed E-state index contributed by atoms with van der Waals surface area (Å²) in [4.78, 5) is 14.2. The Labute approximate surface area is 112 Å². The van der Waals surface area contributed by atoms with Crippen LogP contribution in [0.15, 0.2) is 12.1 Å². The van der Waals surface area contributed by atoms with Crippen molar-refractivity contribution in [3.8, 4) is 0 Å². The molecule has 1 aromatic heterocycles. The van der Waals surface area contributed by atoms with E-state index in [1.54, 1.807) is 6.07 Å². The normalized spacial score (nSPS) is 23.6. The van der Waals surface area contributed by atoms with Gasteiger partial charge in [0.25, 0.3) is 0 Å². The zero-order valence-corrected chi connectivity index (χ0v) is 11.1. The quantitative estimate of drug-likeness (QED) is 0.497. The molecule has 1 fully saturated rings. The summed E-state index contributed by atoms with van der Waals surface area (Å²) in [6.07, 6.45) is 5.91. The highest BCUT2D eigenvalue weighted by molar-refractivity contribution is 5.57. The number of aromatic nitrogens is 1. The van der Waals surface area contributed by atoms with Crippen LogP contribution in [0.4, 0.5) is 17.3 Å². The van der Waals surface area contributed by atoms with Gasteiger partial charge in [-0.1, -0.05) is 19.8 Å². The molecular formula is C13H20N4O2. The molecule has 0 aliphatic heterocycles. The molecular weight excluding hydrogens is 244 g/mol. The van der Waals surface area contributed by atoms with Crippen LogP contribution < -0.4 is 11.1 Å². The number of hydrogen-bond acceptors (Lipinski definition) is 5. The van der Waals surface area contributed by atoms with Crippen LogP contribution in [0.3, 0.4) is 0 Å². The minimum atomic E-state index is -0.514. The predicted molar refractivity (Wildman–Crippen MR) is 75.0 cm³/mol. The zero-order valence-electron chi connectivity index (χ0n) is 11.1. The minimum Gasteiger partial charge on any atom is -0.378 e. The van der Waals surface area contributed by atoms with Crippen molar-refractivity contribution in [2.45, 2.75) is 45.1 Å². The molecule has 104 valence electrons. The summed E-state index contributed by atoms with van der Waals surface area (Å²) in [5.41, 5.74) is 5.45. The SMILES string of the molecule is CC1CCCC(Nc2ccc([N+](=O)[O-])c(N)n2)CC1. The maximum Gasteiger partial charge on any atom is 0.311 e. The Kier molecular flexibility index (Phi) is 4.19. The number of anilines is 2. The molecule has 2 unspecified atom stereocenters. The van der Waals surface area contributed by atoms with Gasteiger partial charge in [-0.3, -0.25) is 10.1 Å². The molecule has 2 rings (SSSR count). The van der Waals surface area contributed by atoms with Crippen molar-refractivity contribution < 1.29 is 4.92 Å². The number of nitrogens with two attached hydrogens (primary N) is 1. The highest BCUT2D eigenvalue weighted by Gasteiger charge is 2.18. The van der Waals surface area contributed by atoms with Crippen molar-refractivity contribution >= 4 is 17.3 Å². The van der Waals surface area contributed by atoms with Gasteiger partial charge in [0.05, 0.1) is 4.92 Å². The second-order valence-corrected chi connectivity index (χ2v) is 5.31. The molecule has 19 heavy (non-hydrogen) atoms. The molecule has 0 bridgehead atoms. The van der Waals surface area contributed by atoms with E-state index in [-0.39, 0.29) is 11.5 Å². The standard InChI is InChI=1S/C13H20N4O2/c1-9-3-2-4-10(6-5-9)15-12-8-7-11(17(18)19)13(14)16-12/h7-10H,2-6H2,1H3,(H3,14,15,16). The van der Waals surface area contributed by atoms with Crippen LogP contribution in [-0.4, -0.2) is 15.9 Å². The van der Waals surface area contributed by atoms with E-state index in [2.05, 4.69) is 17.2 Å². The molecule has 0 spiro atoms. The van der Waals surface area contributed by atoms with Crippen LogP contribution in [0.5, 0.6) is 0 Å². The van der Waals surface area contributed by atoms with Crippen molar-refractivity contribution in [3.05, 3.63) is 22.2 Å². The third-order valence-corrected chi connectivity index (χ3v) is 3.71. The number of nitrogen functional groups attached to an aromatic ring is 1. The van der Waals surface area contributed by atoms with Gasteiger partial charge in [-0.2, -0.15) is 0 Å². The Hall–Kier alpha value is -1.85. The van der Waals surface area contributed by atoms with Crippen molar-refractivity contribution in [1.82, 2.24) is 4.98 Å². The Morgan fingerprint density at radius 3 is 2.84 bits per heavy atom. The molecule has 0 amide bonds. The van der Waals surface area contributed by atoms with E-state index in [9.17, 15) is 10.1 Å². The van der Waals surface area contributed by atoms with E-state index in [0.717, 1.165) is 18.8 Å². The van der Waals surface area contributed by atoms with Crippen LogP contribution in [0.2, 0.25) is 0 Å². The van der Waals surface area contributed by atoms with Gasteiger partial charge in [-0.25, -0.2) is 4.98 Å². The van der Waals surface area contributed by atoms with Gasteiger partial charge in [-0.15, -0.1) is 0 Å². The monoisotopic (exact) mass is 264 g/mol. The lowest BCUT2D eigenvalue weighted by molar-refractivity contribution is -0.384. The molecule has 3 N–H and O–H groups in total. The van der Waals surface area contributed by atoms with Crippen molar-refractivity contribution in [1.29, 1.82) is 0 Å². The highest BCUT2D eigenvalue weighted by atomic mass is 16.6. The summed E-state index contributed by atoms with van der Waals surface area (Å²) in [6, 6.07) is 3.42. The second kappa shape index (κ2) is 5.86.